The van der Waals surface area contributed by atoms with E-state index in [9.17, 15) is 4.79 Å². The first kappa shape index (κ1) is 8.06. The first-order valence-electron chi connectivity index (χ1n) is 3.91. The number of nitrogens with one attached hydrogen (secondary N) is 1. The molecule has 0 spiro atoms. The summed E-state index contributed by atoms with van der Waals surface area (Å²) in [6.07, 6.45) is 1.58. The molecule has 1 aromatic rings. The van der Waals surface area contributed by atoms with Crippen LogP contribution >= 0.6 is 0 Å². The van der Waals surface area contributed by atoms with E-state index < -0.39 is 0 Å². The molecule has 0 unspecified atom stereocenters. The Balaban J connectivity index is 2.26. The standard InChI is InChI=1S/C7H10N4O2/c8-6(12)1-11-3-9-7-5(11)2-13-4-10-7/h3,10H,1-2,4H2,(H2,8,12). The summed E-state index contributed by atoms with van der Waals surface area (Å²) in [6.45, 7) is 1.07. The molecule has 70 valence electrons. The second-order valence-corrected chi connectivity index (χ2v) is 2.80. The lowest BCUT2D eigenvalue weighted by Gasteiger charge is -2.15. The molecule has 0 aromatic carbocycles. The van der Waals surface area contributed by atoms with Crippen molar-refractivity contribution in [3.8, 4) is 0 Å². The summed E-state index contributed by atoms with van der Waals surface area (Å²) in [5.41, 5.74) is 5.93. The smallest absolute Gasteiger partial charge is 0.237 e. The lowest BCUT2D eigenvalue weighted by Crippen LogP contribution is -2.22. The zero-order valence-electron chi connectivity index (χ0n) is 6.99. The zero-order chi connectivity index (χ0) is 9.26. The van der Waals surface area contributed by atoms with Gasteiger partial charge in [-0.05, 0) is 0 Å². The van der Waals surface area contributed by atoms with Crippen molar-refractivity contribution < 1.29 is 9.53 Å². The Labute approximate surface area is 74.7 Å². The zero-order valence-corrected chi connectivity index (χ0v) is 6.99. The van der Waals surface area contributed by atoms with Gasteiger partial charge in [0.2, 0.25) is 5.91 Å². The number of nitrogens with two attached hydrogens (primary N) is 1. The van der Waals surface area contributed by atoms with Gasteiger partial charge in [-0.3, -0.25) is 4.79 Å². The fourth-order valence-electron chi connectivity index (χ4n) is 1.28. The number of amides is 1. The Morgan fingerprint density at radius 1 is 1.85 bits per heavy atom. The summed E-state index contributed by atoms with van der Waals surface area (Å²) in [6, 6.07) is 0. The van der Waals surface area contributed by atoms with Crippen LogP contribution in [-0.2, 0) is 22.7 Å². The van der Waals surface area contributed by atoms with E-state index in [2.05, 4.69) is 10.3 Å². The quantitative estimate of drug-likeness (QED) is 0.631. The van der Waals surface area contributed by atoms with Gasteiger partial charge in [-0.1, -0.05) is 0 Å². The number of aromatic nitrogens is 2. The number of carbonyl (C=O) groups excluding carboxylic acids is 1. The van der Waals surface area contributed by atoms with Gasteiger partial charge < -0.3 is 20.4 Å². The Hall–Kier alpha value is -1.56. The van der Waals surface area contributed by atoms with Crippen molar-refractivity contribution in [1.29, 1.82) is 0 Å². The Morgan fingerprint density at radius 3 is 3.46 bits per heavy atom. The van der Waals surface area contributed by atoms with Crippen LogP contribution in [-0.4, -0.2) is 22.2 Å². The number of hydrogen-bond donors (Lipinski definition) is 2. The molecule has 0 radical (unpaired) electrons. The number of ether oxygens (including phenoxy) is 1. The fraction of sp³-hybridized carbons (Fsp3) is 0.429. The maximum atomic E-state index is 10.7. The number of hydrogen-bond acceptors (Lipinski definition) is 4. The van der Waals surface area contributed by atoms with Crippen LogP contribution in [0.4, 0.5) is 5.82 Å². The van der Waals surface area contributed by atoms with E-state index in [1.54, 1.807) is 10.9 Å². The highest BCUT2D eigenvalue weighted by molar-refractivity contribution is 5.73. The van der Waals surface area contributed by atoms with Gasteiger partial charge in [0.05, 0.1) is 18.6 Å². The third-order valence-electron chi connectivity index (χ3n) is 1.85. The number of carbonyl (C=O) groups is 1. The third-order valence-corrected chi connectivity index (χ3v) is 1.85. The minimum Gasteiger partial charge on any atom is -0.368 e. The van der Waals surface area contributed by atoms with Crippen LogP contribution in [0.5, 0.6) is 0 Å². The number of nitrogens with zero attached hydrogens (tertiary/aromatic N) is 2. The summed E-state index contributed by atoms with van der Waals surface area (Å²) < 4.78 is 6.84. The normalized spacial score (nSPS) is 14.8. The maximum absolute atomic E-state index is 10.7. The average Bonchev–Trinajstić information content (AvgIpc) is 2.48. The Bertz CT molecular complexity index is 333. The van der Waals surface area contributed by atoms with E-state index in [1.165, 1.54) is 0 Å². The predicted molar refractivity (Wildman–Crippen MR) is 44.7 cm³/mol. The molecule has 0 fully saturated rings. The highest BCUT2D eigenvalue weighted by Crippen LogP contribution is 2.17. The first-order chi connectivity index (χ1) is 6.27. The van der Waals surface area contributed by atoms with Crippen molar-refractivity contribution in [3.05, 3.63) is 12.0 Å². The molecule has 1 aliphatic heterocycles. The highest BCUT2D eigenvalue weighted by atomic mass is 16.5. The third kappa shape index (κ3) is 1.48. The molecule has 0 atom stereocenters. The van der Waals surface area contributed by atoms with Crippen LogP contribution in [0.15, 0.2) is 6.33 Å². The lowest BCUT2D eigenvalue weighted by atomic mass is 10.4. The molecule has 0 saturated carbocycles. The predicted octanol–water partition coefficient (Wildman–Crippen LogP) is -0.732. The van der Waals surface area contributed by atoms with E-state index in [4.69, 9.17) is 10.5 Å². The molecule has 6 heteroatoms. The number of primary amides is 1. The van der Waals surface area contributed by atoms with Gasteiger partial charge in [0.1, 0.15) is 13.3 Å². The average molecular weight is 182 g/mol. The van der Waals surface area contributed by atoms with Crippen molar-refractivity contribution in [2.45, 2.75) is 13.2 Å². The number of imidazole rings is 1. The summed E-state index contributed by atoms with van der Waals surface area (Å²) >= 11 is 0. The largest absolute Gasteiger partial charge is 0.368 e. The maximum Gasteiger partial charge on any atom is 0.237 e. The van der Waals surface area contributed by atoms with Gasteiger partial charge in [-0.2, -0.15) is 0 Å². The van der Waals surface area contributed by atoms with Gasteiger partial charge >= 0.3 is 0 Å². The molecule has 0 aliphatic carbocycles. The van der Waals surface area contributed by atoms with Gasteiger partial charge in [-0.25, -0.2) is 4.98 Å². The van der Waals surface area contributed by atoms with E-state index in [-0.39, 0.29) is 12.5 Å². The molecule has 13 heavy (non-hydrogen) atoms. The first-order valence-corrected chi connectivity index (χ1v) is 3.91. The molecule has 1 aliphatic rings. The SMILES string of the molecule is NC(=O)Cn1cnc2c1COCN2. The summed E-state index contributed by atoms with van der Waals surface area (Å²) in [5.74, 6) is 0.387. The molecule has 0 bridgehead atoms. The molecule has 3 N–H and O–H groups in total. The number of anilines is 1. The van der Waals surface area contributed by atoms with E-state index >= 15 is 0 Å². The molecule has 0 saturated heterocycles. The number of fused-ring (bicyclic) bond motifs is 1. The second kappa shape index (κ2) is 3.06. The summed E-state index contributed by atoms with van der Waals surface area (Å²) in [7, 11) is 0. The van der Waals surface area contributed by atoms with Crippen LogP contribution < -0.4 is 11.1 Å². The monoisotopic (exact) mass is 182 g/mol. The molecule has 1 aromatic heterocycles. The van der Waals surface area contributed by atoms with Crippen molar-refractivity contribution in [3.63, 3.8) is 0 Å². The van der Waals surface area contributed by atoms with Crippen LogP contribution in [0.25, 0.3) is 0 Å². The topological polar surface area (TPSA) is 82.2 Å². The van der Waals surface area contributed by atoms with Crippen LogP contribution in [0.3, 0.4) is 0 Å². The molecule has 6 nitrogen and oxygen atoms in total. The lowest BCUT2D eigenvalue weighted by molar-refractivity contribution is -0.118. The molecular formula is C7H10N4O2. The fourth-order valence-corrected chi connectivity index (χ4v) is 1.28. The molecule has 2 heterocycles. The van der Waals surface area contributed by atoms with Gasteiger partial charge in [0.15, 0.2) is 5.82 Å². The van der Waals surface area contributed by atoms with E-state index in [1.807, 2.05) is 0 Å². The van der Waals surface area contributed by atoms with Gasteiger partial charge in [0, 0.05) is 0 Å². The minimum absolute atomic E-state index is 0.146. The second-order valence-electron chi connectivity index (χ2n) is 2.80. The van der Waals surface area contributed by atoms with Crippen molar-refractivity contribution in [2.75, 3.05) is 12.0 Å². The van der Waals surface area contributed by atoms with E-state index in [0.717, 1.165) is 11.5 Å². The van der Waals surface area contributed by atoms with Crippen molar-refractivity contribution in [1.82, 2.24) is 9.55 Å². The molecule has 2 rings (SSSR count). The van der Waals surface area contributed by atoms with Gasteiger partial charge in [0.25, 0.3) is 0 Å². The minimum atomic E-state index is -0.384. The van der Waals surface area contributed by atoms with Crippen molar-refractivity contribution in [2.24, 2.45) is 5.73 Å². The number of rotatable bonds is 2. The Kier molecular flexibility index (Phi) is 1.90. The van der Waals surface area contributed by atoms with Crippen LogP contribution in [0, 0.1) is 0 Å². The van der Waals surface area contributed by atoms with Crippen LogP contribution in [0.1, 0.15) is 5.69 Å². The molecule has 1 amide bonds. The van der Waals surface area contributed by atoms with Crippen LogP contribution in [0.2, 0.25) is 0 Å². The summed E-state index contributed by atoms with van der Waals surface area (Å²) in [5, 5.41) is 2.95. The van der Waals surface area contributed by atoms with Crippen molar-refractivity contribution >= 4 is 11.7 Å². The van der Waals surface area contributed by atoms with E-state index in [0.29, 0.717) is 13.3 Å². The highest BCUT2D eigenvalue weighted by Gasteiger charge is 2.15. The summed E-state index contributed by atoms with van der Waals surface area (Å²) in [4.78, 5) is 14.7. The molecular weight excluding hydrogens is 172 g/mol. The van der Waals surface area contributed by atoms with Gasteiger partial charge in [-0.15, -0.1) is 0 Å². The Morgan fingerprint density at radius 2 is 2.69 bits per heavy atom.